The number of benzene rings is 1. The fourth-order valence-electron chi connectivity index (χ4n) is 1.48. The smallest absolute Gasteiger partial charge is 0.207 e. The van der Waals surface area contributed by atoms with Crippen LogP contribution in [0.2, 0.25) is 0 Å². The first kappa shape index (κ1) is 10.1. The van der Waals surface area contributed by atoms with Crippen molar-refractivity contribution in [3.8, 4) is 11.8 Å². The van der Waals surface area contributed by atoms with Gasteiger partial charge in [-0.3, -0.25) is 0 Å². The Hall–Kier alpha value is -1.47. The molecule has 0 bridgehead atoms. The molecule has 0 spiro atoms. The van der Waals surface area contributed by atoms with Gasteiger partial charge < -0.3 is 9.15 Å². The number of fused-ring (bicyclic) bond motifs is 1. The predicted octanol–water partition coefficient (Wildman–Crippen LogP) is 3.38. The Bertz CT molecular complexity index is 566. The molecule has 1 aromatic heterocycles. The van der Waals surface area contributed by atoms with Crippen LogP contribution in [0.3, 0.4) is 0 Å². The van der Waals surface area contributed by atoms with Crippen molar-refractivity contribution < 1.29 is 9.15 Å². The van der Waals surface area contributed by atoms with Crippen molar-refractivity contribution in [2.24, 2.45) is 0 Å². The van der Waals surface area contributed by atoms with Crippen LogP contribution >= 0.6 is 15.9 Å². The molecule has 4 heteroatoms. The number of furan rings is 1. The van der Waals surface area contributed by atoms with Crippen molar-refractivity contribution in [1.82, 2.24) is 0 Å². The van der Waals surface area contributed by atoms with Gasteiger partial charge in [0.15, 0.2) is 5.58 Å². The number of rotatable bonds is 1. The van der Waals surface area contributed by atoms with Crippen LogP contribution in [0.1, 0.15) is 11.3 Å². The van der Waals surface area contributed by atoms with Crippen molar-refractivity contribution in [3.63, 3.8) is 0 Å². The second-order valence-electron chi connectivity index (χ2n) is 3.15. The van der Waals surface area contributed by atoms with Gasteiger partial charge in [-0.2, -0.15) is 5.26 Å². The molecular formula is C11H8BrNO2. The maximum atomic E-state index is 8.85. The first-order chi connectivity index (χ1) is 7.17. The molecule has 3 nitrogen and oxygen atoms in total. The van der Waals surface area contributed by atoms with Crippen LogP contribution in [0.25, 0.3) is 11.0 Å². The molecule has 2 aromatic rings. The Morgan fingerprint density at radius 2 is 2.20 bits per heavy atom. The van der Waals surface area contributed by atoms with E-state index in [0.29, 0.717) is 11.3 Å². The van der Waals surface area contributed by atoms with Gasteiger partial charge in [-0.25, -0.2) is 0 Å². The molecule has 0 fully saturated rings. The summed E-state index contributed by atoms with van der Waals surface area (Å²) in [5, 5.41) is 9.75. The lowest BCUT2D eigenvalue weighted by Gasteiger charge is -2.00. The van der Waals surface area contributed by atoms with Crippen molar-refractivity contribution in [2.45, 2.75) is 6.92 Å². The quantitative estimate of drug-likeness (QED) is 0.794. The van der Waals surface area contributed by atoms with Crippen LogP contribution in [0, 0.1) is 18.3 Å². The van der Waals surface area contributed by atoms with Gasteiger partial charge in [0.05, 0.1) is 11.6 Å². The van der Waals surface area contributed by atoms with Crippen LogP contribution in [0.4, 0.5) is 0 Å². The third kappa shape index (κ3) is 1.49. The number of methoxy groups -OCH3 is 1. The van der Waals surface area contributed by atoms with E-state index in [9.17, 15) is 0 Å². The number of nitriles is 1. The first-order valence-electron chi connectivity index (χ1n) is 4.34. The topological polar surface area (TPSA) is 46.2 Å². The Balaban J connectivity index is 2.85. The second-order valence-corrected chi connectivity index (χ2v) is 4.01. The van der Waals surface area contributed by atoms with E-state index >= 15 is 0 Å². The minimum absolute atomic E-state index is 0.346. The highest BCUT2D eigenvalue weighted by Gasteiger charge is 2.13. The average Bonchev–Trinajstić information content (AvgIpc) is 2.56. The summed E-state index contributed by atoms with van der Waals surface area (Å²) in [6.07, 6.45) is 0. The molecule has 0 atom stereocenters. The maximum Gasteiger partial charge on any atom is 0.207 e. The van der Waals surface area contributed by atoms with Crippen molar-refractivity contribution in [1.29, 1.82) is 5.26 Å². The van der Waals surface area contributed by atoms with Crippen molar-refractivity contribution in [3.05, 3.63) is 27.9 Å². The molecule has 0 N–H and O–H groups in total. The summed E-state index contributed by atoms with van der Waals surface area (Å²) in [6, 6.07) is 5.69. The summed E-state index contributed by atoms with van der Waals surface area (Å²) in [6.45, 7) is 1.86. The van der Waals surface area contributed by atoms with Gasteiger partial charge in [-0.15, -0.1) is 0 Å². The van der Waals surface area contributed by atoms with E-state index < -0.39 is 0 Å². The summed E-state index contributed by atoms with van der Waals surface area (Å²) in [5.41, 5.74) is 1.52. The fourth-order valence-corrected chi connectivity index (χ4v) is 2.00. The SMILES string of the molecule is COc1cc(Br)c2oc(C#N)c(C)c2c1. The zero-order valence-electron chi connectivity index (χ0n) is 8.30. The molecule has 1 heterocycles. The lowest BCUT2D eigenvalue weighted by Crippen LogP contribution is -1.82. The molecule has 0 aliphatic rings. The van der Waals surface area contributed by atoms with E-state index in [0.717, 1.165) is 21.2 Å². The van der Waals surface area contributed by atoms with E-state index in [1.807, 2.05) is 25.1 Å². The van der Waals surface area contributed by atoms with Crippen LogP contribution < -0.4 is 4.74 Å². The fraction of sp³-hybridized carbons (Fsp3) is 0.182. The van der Waals surface area contributed by atoms with Crippen LogP contribution in [0.15, 0.2) is 21.0 Å². The minimum Gasteiger partial charge on any atom is -0.497 e. The van der Waals surface area contributed by atoms with Gasteiger partial charge >= 0.3 is 0 Å². The van der Waals surface area contributed by atoms with Crippen LogP contribution in [-0.4, -0.2) is 7.11 Å². The number of hydrogen-bond acceptors (Lipinski definition) is 3. The van der Waals surface area contributed by atoms with Crippen molar-refractivity contribution in [2.75, 3.05) is 7.11 Å². The highest BCUT2D eigenvalue weighted by Crippen LogP contribution is 2.34. The summed E-state index contributed by atoms with van der Waals surface area (Å²) >= 11 is 3.38. The maximum absolute atomic E-state index is 8.85. The van der Waals surface area contributed by atoms with E-state index in [4.69, 9.17) is 14.4 Å². The van der Waals surface area contributed by atoms with E-state index in [1.54, 1.807) is 7.11 Å². The van der Waals surface area contributed by atoms with Gasteiger partial charge in [0.25, 0.3) is 0 Å². The average molecular weight is 266 g/mol. The van der Waals surface area contributed by atoms with Crippen molar-refractivity contribution >= 4 is 26.9 Å². The molecule has 0 aliphatic heterocycles. The lowest BCUT2D eigenvalue weighted by atomic mass is 10.1. The molecule has 0 aliphatic carbocycles. The van der Waals surface area contributed by atoms with Gasteiger partial charge in [-0.1, -0.05) is 0 Å². The number of hydrogen-bond donors (Lipinski definition) is 0. The summed E-state index contributed by atoms with van der Waals surface area (Å²) in [4.78, 5) is 0. The Kier molecular flexibility index (Phi) is 2.41. The predicted molar refractivity (Wildman–Crippen MR) is 59.9 cm³/mol. The lowest BCUT2D eigenvalue weighted by molar-refractivity contribution is 0.415. The number of nitrogens with zero attached hydrogens (tertiary/aromatic N) is 1. The summed E-state index contributed by atoms with van der Waals surface area (Å²) in [7, 11) is 1.61. The van der Waals surface area contributed by atoms with E-state index in [1.165, 1.54) is 0 Å². The van der Waals surface area contributed by atoms with Gasteiger partial charge in [0, 0.05) is 10.9 Å². The molecule has 0 amide bonds. The van der Waals surface area contributed by atoms with Gasteiger partial charge in [0.2, 0.25) is 5.76 Å². The normalized spacial score (nSPS) is 10.3. The van der Waals surface area contributed by atoms with Crippen LogP contribution in [-0.2, 0) is 0 Å². The number of halogens is 1. The number of ether oxygens (including phenoxy) is 1. The van der Waals surface area contributed by atoms with Crippen LogP contribution in [0.5, 0.6) is 5.75 Å². The first-order valence-corrected chi connectivity index (χ1v) is 5.13. The third-order valence-corrected chi connectivity index (χ3v) is 2.89. The Morgan fingerprint density at radius 3 is 2.80 bits per heavy atom. The molecule has 15 heavy (non-hydrogen) atoms. The largest absolute Gasteiger partial charge is 0.497 e. The van der Waals surface area contributed by atoms with E-state index in [2.05, 4.69) is 15.9 Å². The Labute approximate surface area is 95.4 Å². The highest BCUT2D eigenvalue weighted by molar-refractivity contribution is 9.10. The molecule has 76 valence electrons. The summed E-state index contributed by atoms with van der Waals surface area (Å²) < 4.78 is 11.4. The molecule has 0 saturated heterocycles. The second kappa shape index (κ2) is 3.59. The molecule has 2 rings (SSSR count). The molecule has 1 aromatic carbocycles. The zero-order chi connectivity index (χ0) is 11.0. The molecule has 0 unspecified atom stereocenters. The number of aryl methyl sites for hydroxylation is 1. The van der Waals surface area contributed by atoms with E-state index in [-0.39, 0.29) is 0 Å². The third-order valence-electron chi connectivity index (χ3n) is 2.30. The standard InChI is InChI=1S/C11H8BrNO2/c1-6-8-3-7(14-2)4-9(12)11(8)15-10(6)5-13/h3-4H,1-2H3. The molecule has 0 saturated carbocycles. The molecule has 0 radical (unpaired) electrons. The van der Waals surface area contributed by atoms with Gasteiger partial charge in [-0.05, 0) is 35.0 Å². The van der Waals surface area contributed by atoms with Gasteiger partial charge in [0.1, 0.15) is 11.8 Å². The monoisotopic (exact) mass is 265 g/mol. The Morgan fingerprint density at radius 1 is 1.47 bits per heavy atom. The molecular weight excluding hydrogens is 258 g/mol. The summed E-state index contributed by atoms with van der Waals surface area (Å²) in [5.74, 6) is 1.08. The zero-order valence-corrected chi connectivity index (χ0v) is 9.88. The minimum atomic E-state index is 0.346. The highest BCUT2D eigenvalue weighted by atomic mass is 79.9.